The van der Waals surface area contributed by atoms with Crippen LogP contribution >= 0.6 is 0 Å². The predicted octanol–water partition coefficient (Wildman–Crippen LogP) is 3.12. The molecule has 0 atom stereocenters. The summed E-state index contributed by atoms with van der Waals surface area (Å²) in [5.41, 5.74) is 0. The highest BCUT2D eigenvalue weighted by molar-refractivity contribution is 4.86. The lowest BCUT2D eigenvalue weighted by molar-refractivity contribution is 0.319. The second kappa shape index (κ2) is 7.14. The number of hydrogen-bond donors (Lipinski definition) is 1. The van der Waals surface area contributed by atoms with Gasteiger partial charge in [-0.05, 0) is 38.3 Å². The Hall–Kier alpha value is -0.300. The van der Waals surface area contributed by atoms with Crippen molar-refractivity contribution in [3.8, 4) is 0 Å². The minimum absolute atomic E-state index is 1.03. The van der Waals surface area contributed by atoms with Crippen molar-refractivity contribution in [3.05, 3.63) is 12.2 Å². The van der Waals surface area contributed by atoms with Gasteiger partial charge in [-0.3, -0.25) is 0 Å². The molecule has 0 bridgehead atoms. The molecule has 1 rings (SSSR count). The van der Waals surface area contributed by atoms with E-state index in [0.717, 1.165) is 19.0 Å². The fourth-order valence-corrected chi connectivity index (χ4v) is 1.62. The van der Waals surface area contributed by atoms with E-state index in [1.54, 1.807) is 0 Å². The van der Waals surface area contributed by atoms with Crippen molar-refractivity contribution in [2.24, 2.45) is 5.92 Å². The fraction of sp³-hybridized carbons (Fsp3) is 0.833. The molecule has 0 heterocycles. The topological polar surface area (TPSA) is 12.0 Å². The van der Waals surface area contributed by atoms with E-state index >= 15 is 0 Å². The van der Waals surface area contributed by atoms with Crippen molar-refractivity contribution in [2.75, 3.05) is 13.1 Å². The van der Waals surface area contributed by atoms with Gasteiger partial charge in [-0.15, -0.1) is 0 Å². The lowest BCUT2D eigenvalue weighted by Gasteiger charge is -2.23. The van der Waals surface area contributed by atoms with Gasteiger partial charge in [-0.1, -0.05) is 38.3 Å². The highest BCUT2D eigenvalue weighted by atomic mass is 14.8. The Labute approximate surface area is 82.6 Å². The van der Waals surface area contributed by atoms with E-state index in [9.17, 15) is 0 Å². The standard InChI is InChI=1S/C12H23N/c1-2-10-13-11-5-3-4-7-12-8-6-9-12/h3-4,12-13H,2,5-11H2,1H3. The number of hydrogen-bond acceptors (Lipinski definition) is 1. The Morgan fingerprint density at radius 2 is 2.08 bits per heavy atom. The summed E-state index contributed by atoms with van der Waals surface area (Å²) in [6.07, 6.45) is 12.9. The molecule has 0 aromatic rings. The summed E-state index contributed by atoms with van der Waals surface area (Å²) in [4.78, 5) is 0. The highest BCUT2D eigenvalue weighted by Gasteiger charge is 2.14. The van der Waals surface area contributed by atoms with Crippen LogP contribution in [0.5, 0.6) is 0 Å². The zero-order valence-electron chi connectivity index (χ0n) is 8.89. The van der Waals surface area contributed by atoms with Gasteiger partial charge in [0.25, 0.3) is 0 Å². The third-order valence-corrected chi connectivity index (χ3v) is 2.78. The first kappa shape index (κ1) is 10.8. The average molecular weight is 181 g/mol. The number of rotatable bonds is 7. The number of allylic oxidation sites excluding steroid dienone is 1. The van der Waals surface area contributed by atoms with Crippen molar-refractivity contribution in [3.63, 3.8) is 0 Å². The van der Waals surface area contributed by atoms with Crippen LogP contribution in [0.15, 0.2) is 12.2 Å². The molecule has 0 saturated heterocycles. The largest absolute Gasteiger partial charge is 0.316 e. The van der Waals surface area contributed by atoms with Crippen LogP contribution in [0.4, 0.5) is 0 Å². The van der Waals surface area contributed by atoms with Gasteiger partial charge in [-0.2, -0.15) is 0 Å². The summed E-state index contributed by atoms with van der Waals surface area (Å²) < 4.78 is 0. The zero-order valence-corrected chi connectivity index (χ0v) is 8.89. The summed E-state index contributed by atoms with van der Waals surface area (Å²) in [5.74, 6) is 1.03. The van der Waals surface area contributed by atoms with Gasteiger partial charge < -0.3 is 5.32 Å². The molecule has 0 spiro atoms. The molecule has 1 aliphatic carbocycles. The molecule has 1 N–H and O–H groups in total. The van der Waals surface area contributed by atoms with Crippen molar-refractivity contribution in [2.45, 2.75) is 45.4 Å². The summed E-state index contributed by atoms with van der Waals surface area (Å²) in [6.45, 7) is 4.52. The molecule has 76 valence electrons. The van der Waals surface area contributed by atoms with Gasteiger partial charge in [0.15, 0.2) is 0 Å². The van der Waals surface area contributed by atoms with E-state index in [2.05, 4.69) is 24.4 Å². The molecule has 13 heavy (non-hydrogen) atoms. The van der Waals surface area contributed by atoms with E-state index in [-0.39, 0.29) is 0 Å². The van der Waals surface area contributed by atoms with Crippen molar-refractivity contribution in [1.82, 2.24) is 5.32 Å². The minimum Gasteiger partial charge on any atom is -0.316 e. The maximum absolute atomic E-state index is 3.40. The average Bonchev–Trinajstić information content (AvgIpc) is 2.07. The van der Waals surface area contributed by atoms with Crippen LogP contribution in [-0.4, -0.2) is 13.1 Å². The van der Waals surface area contributed by atoms with Crippen LogP contribution < -0.4 is 5.32 Å². The maximum atomic E-state index is 3.40. The molecular formula is C12H23N. The Balaban J connectivity index is 1.80. The normalized spacial score (nSPS) is 17.9. The monoisotopic (exact) mass is 181 g/mol. The van der Waals surface area contributed by atoms with Crippen LogP contribution in [0.1, 0.15) is 45.4 Å². The van der Waals surface area contributed by atoms with E-state index in [4.69, 9.17) is 0 Å². The molecule has 0 aromatic carbocycles. The summed E-state index contributed by atoms with van der Waals surface area (Å²) in [6, 6.07) is 0. The third kappa shape index (κ3) is 5.09. The highest BCUT2D eigenvalue weighted by Crippen LogP contribution is 2.29. The first-order chi connectivity index (χ1) is 6.43. The molecule has 0 aliphatic heterocycles. The van der Waals surface area contributed by atoms with Crippen LogP contribution in [0.25, 0.3) is 0 Å². The SMILES string of the molecule is CCCNCCC=CCC1CCC1. The molecule has 1 saturated carbocycles. The molecule has 0 amide bonds. The molecular weight excluding hydrogens is 158 g/mol. The fourth-order valence-electron chi connectivity index (χ4n) is 1.62. The molecule has 0 unspecified atom stereocenters. The Morgan fingerprint density at radius 3 is 2.69 bits per heavy atom. The molecule has 1 nitrogen and oxygen atoms in total. The van der Waals surface area contributed by atoms with Crippen molar-refractivity contribution >= 4 is 0 Å². The molecule has 0 aromatic heterocycles. The molecule has 0 radical (unpaired) electrons. The van der Waals surface area contributed by atoms with Gasteiger partial charge in [0.1, 0.15) is 0 Å². The van der Waals surface area contributed by atoms with E-state index in [1.807, 2.05) is 0 Å². The maximum Gasteiger partial charge on any atom is -0.00143 e. The van der Waals surface area contributed by atoms with Gasteiger partial charge in [0.2, 0.25) is 0 Å². The number of nitrogens with one attached hydrogen (secondary N) is 1. The van der Waals surface area contributed by atoms with Crippen LogP contribution in [0, 0.1) is 5.92 Å². The van der Waals surface area contributed by atoms with Gasteiger partial charge in [-0.25, -0.2) is 0 Å². The van der Waals surface area contributed by atoms with E-state index in [0.29, 0.717) is 0 Å². The smallest absolute Gasteiger partial charge is 0.00143 e. The Bertz CT molecular complexity index is 136. The van der Waals surface area contributed by atoms with Crippen LogP contribution in [0.3, 0.4) is 0 Å². The Morgan fingerprint density at radius 1 is 1.23 bits per heavy atom. The molecule has 1 aliphatic rings. The lowest BCUT2D eigenvalue weighted by atomic mass is 9.83. The first-order valence-electron chi connectivity index (χ1n) is 5.79. The second-order valence-corrected chi connectivity index (χ2v) is 4.04. The van der Waals surface area contributed by atoms with E-state index in [1.165, 1.54) is 38.5 Å². The predicted molar refractivity (Wildman–Crippen MR) is 58.9 cm³/mol. The molecule has 1 fully saturated rings. The zero-order chi connectivity index (χ0) is 9.36. The minimum atomic E-state index is 1.03. The van der Waals surface area contributed by atoms with Crippen molar-refractivity contribution < 1.29 is 0 Å². The van der Waals surface area contributed by atoms with Gasteiger partial charge in [0.05, 0.1) is 0 Å². The summed E-state index contributed by atoms with van der Waals surface area (Å²) in [5, 5.41) is 3.40. The summed E-state index contributed by atoms with van der Waals surface area (Å²) >= 11 is 0. The van der Waals surface area contributed by atoms with Crippen LogP contribution in [-0.2, 0) is 0 Å². The quantitative estimate of drug-likeness (QED) is 0.470. The Kier molecular flexibility index (Phi) is 5.92. The molecule has 1 heteroatoms. The van der Waals surface area contributed by atoms with Crippen molar-refractivity contribution in [1.29, 1.82) is 0 Å². The third-order valence-electron chi connectivity index (χ3n) is 2.78. The summed E-state index contributed by atoms with van der Waals surface area (Å²) in [7, 11) is 0. The van der Waals surface area contributed by atoms with Gasteiger partial charge in [0, 0.05) is 0 Å². The lowest BCUT2D eigenvalue weighted by Crippen LogP contribution is -2.15. The van der Waals surface area contributed by atoms with Gasteiger partial charge >= 0.3 is 0 Å². The first-order valence-corrected chi connectivity index (χ1v) is 5.79. The van der Waals surface area contributed by atoms with Crippen LogP contribution in [0.2, 0.25) is 0 Å². The van der Waals surface area contributed by atoms with E-state index < -0.39 is 0 Å². The second-order valence-electron chi connectivity index (χ2n) is 4.04.